The molecule has 0 aliphatic carbocycles. The molecule has 0 radical (unpaired) electrons. The smallest absolute Gasteiger partial charge is 0.306 e. The molecule has 0 rings (SSSR count). The molecule has 0 aromatic carbocycles. The molecule has 0 heterocycles. The molecule has 21 heavy (non-hydrogen) atoms. The fourth-order valence-corrected chi connectivity index (χ4v) is 1.37. The van der Waals surface area contributed by atoms with Crippen LogP contribution in [-0.2, 0) is 29.1 Å². The maximum absolute atomic E-state index is 10.7. The minimum absolute atomic E-state index is 0.00665. The summed E-state index contributed by atoms with van der Waals surface area (Å²) in [7, 11) is 0. The van der Waals surface area contributed by atoms with E-state index in [2.05, 4.69) is 12.0 Å². The Labute approximate surface area is 126 Å². The molecule has 0 spiro atoms. The van der Waals surface area contributed by atoms with E-state index < -0.39 is 12.1 Å². The number of unbranched alkanes of at least 4 members (excludes halogenated alkanes) is 2. The second kappa shape index (κ2) is 15.7. The van der Waals surface area contributed by atoms with Crippen LogP contribution in [0.15, 0.2) is 0 Å². The van der Waals surface area contributed by atoms with Crippen molar-refractivity contribution in [1.29, 1.82) is 0 Å². The molecule has 1 atom stereocenters. The van der Waals surface area contributed by atoms with E-state index in [1.54, 1.807) is 0 Å². The zero-order valence-corrected chi connectivity index (χ0v) is 13.0. The Morgan fingerprint density at radius 1 is 1.00 bits per heavy atom. The van der Waals surface area contributed by atoms with Gasteiger partial charge in [-0.15, -0.1) is 0 Å². The largest absolute Gasteiger partial charge is 0.481 e. The molecule has 0 saturated heterocycles. The summed E-state index contributed by atoms with van der Waals surface area (Å²) in [5, 5.41) is 13.3. The van der Waals surface area contributed by atoms with Crippen LogP contribution in [0.3, 0.4) is 0 Å². The SMILES string of the molecule is CCCCOCCOOOCC(CC(=O)O)OCCCC. The predicted molar refractivity (Wildman–Crippen MR) is 75.6 cm³/mol. The van der Waals surface area contributed by atoms with Crippen molar-refractivity contribution in [3.63, 3.8) is 0 Å². The molecule has 0 aromatic heterocycles. The highest BCUT2D eigenvalue weighted by atomic mass is 17.5. The summed E-state index contributed by atoms with van der Waals surface area (Å²) in [5.41, 5.74) is 0. The van der Waals surface area contributed by atoms with Crippen molar-refractivity contribution < 1.29 is 34.2 Å². The second-order valence-corrected chi connectivity index (χ2v) is 4.58. The lowest BCUT2D eigenvalue weighted by molar-refractivity contribution is -0.516. The maximum atomic E-state index is 10.7. The van der Waals surface area contributed by atoms with Crippen molar-refractivity contribution in [2.75, 3.05) is 33.0 Å². The number of carbonyl (C=O) groups is 1. The van der Waals surface area contributed by atoms with E-state index in [1.165, 1.54) is 0 Å². The molecule has 0 bridgehead atoms. The van der Waals surface area contributed by atoms with Gasteiger partial charge in [-0.1, -0.05) is 31.7 Å². The summed E-state index contributed by atoms with van der Waals surface area (Å²) in [5.74, 6) is -0.939. The number of hydrogen-bond donors (Lipinski definition) is 1. The lowest BCUT2D eigenvalue weighted by Crippen LogP contribution is -2.24. The summed E-state index contributed by atoms with van der Waals surface area (Å²) in [6.07, 6.45) is 3.29. The van der Waals surface area contributed by atoms with Crippen molar-refractivity contribution in [3.05, 3.63) is 0 Å². The average molecular weight is 308 g/mol. The summed E-state index contributed by atoms with van der Waals surface area (Å²) < 4.78 is 10.7. The zero-order valence-electron chi connectivity index (χ0n) is 13.0. The highest BCUT2D eigenvalue weighted by Gasteiger charge is 2.14. The Morgan fingerprint density at radius 3 is 2.38 bits per heavy atom. The van der Waals surface area contributed by atoms with Gasteiger partial charge in [-0.2, -0.15) is 0 Å². The third-order valence-electron chi connectivity index (χ3n) is 2.56. The van der Waals surface area contributed by atoms with Crippen LogP contribution in [0, 0.1) is 0 Å². The Balaban J connectivity index is 3.51. The van der Waals surface area contributed by atoms with Crippen molar-refractivity contribution in [2.24, 2.45) is 0 Å². The van der Waals surface area contributed by atoms with Crippen molar-refractivity contribution >= 4 is 5.97 Å². The van der Waals surface area contributed by atoms with Gasteiger partial charge < -0.3 is 14.6 Å². The molecule has 0 amide bonds. The minimum atomic E-state index is -0.939. The van der Waals surface area contributed by atoms with Crippen LogP contribution in [0.5, 0.6) is 0 Å². The quantitative estimate of drug-likeness (QED) is 0.266. The lowest BCUT2D eigenvalue weighted by atomic mass is 10.2. The molecule has 7 heteroatoms. The first-order chi connectivity index (χ1) is 10.2. The number of rotatable bonds is 16. The monoisotopic (exact) mass is 308 g/mol. The van der Waals surface area contributed by atoms with Gasteiger partial charge in [0.05, 0.1) is 19.1 Å². The molecular weight excluding hydrogens is 280 g/mol. The molecule has 7 nitrogen and oxygen atoms in total. The van der Waals surface area contributed by atoms with Gasteiger partial charge in [0.15, 0.2) is 0 Å². The normalized spacial score (nSPS) is 12.5. The van der Waals surface area contributed by atoms with Crippen LogP contribution >= 0.6 is 0 Å². The zero-order chi connectivity index (χ0) is 15.8. The second-order valence-electron chi connectivity index (χ2n) is 4.58. The molecule has 0 fully saturated rings. The molecule has 1 N–H and O–H groups in total. The van der Waals surface area contributed by atoms with Gasteiger partial charge in [0.2, 0.25) is 0 Å². The first-order valence-electron chi connectivity index (χ1n) is 7.52. The van der Waals surface area contributed by atoms with Crippen LogP contribution in [0.25, 0.3) is 0 Å². The summed E-state index contributed by atoms with van der Waals surface area (Å²) in [4.78, 5) is 20.2. The third kappa shape index (κ3) is 15.5. The Morgan fingerprint density at radius 2 is 1.71 bits per heavy atom. The molecule has 126 valence electrons. The van der Waals surface area contributed by atoms with E-state index in [0.717, 1.165) is 25.7 Å². The fraction of sp³-hybridized carbons (Fsp3) is 0.929. The maximum Gasteiger partial charge on any atom is 0.306 e. The molecule has 0 aromatic rings. The van der Waals surface area contributed by atoms with Gasteiger partial charge in [-0.05, 0) is 12.8 Å². The van der Waals surface area contributed by atoms with Crippen LogP contribution in [-0.4, -0.2) is 50.2 Å². The third-order valence-corrected chi connectivity index (χ3v) is 2.56. The van der Waals surface area contributed by atoms with E-state index in [1.807, 2.05) is 6.92 Å². The van der Waals surface area contributed by atoms with Gasteiger partial charge in [0, 0.05) is 13.2 Å². The number of carboxylic acid groups (broad SMARTS) is 1. The topological polar surface area (TPSA) is 83.5 Å². The van der Waals surface area contributed by atoms with E-state index in [-0.39, 0.29) is 19.6 Å². The first-order valence-corrected chi connectivity index (χ1v) is 7.52. The standard InChI is InChI=1S/C14H28O7/c1-3-5-7-17-9-10-19-21-20-12-13(11-14(15)16)18-8-6-4-2/h13H,3-12H2,1-2H3,(H,15,16). The van der Waals surface area contributed by atoms with Crippen LogP contribution in [0.4, 0.5) is 0 Å². The molecule has 0 aliphatic rings. The van der Waals surface area contributed by atoms with E-state index in [0.29, 0.717) is 19.8 Å². The minimum Gasteiger partial charge on any atom is -0.481 e. The van der Waals surface area contributed by atoms with Gasteiger partial charge in [0.1, 0.15) is 13.2 Å². The number of carboxylic acids is 1. The van der Waals surface area contributed by atoms with E-state index in [9.17, 15) is 4.79 Å². The highest BCUT2D eigenvalue weighted by Crippen LogP contribution is 2.03. The Bertz CT molecular complexity index is 235. The van der Waals surface area contributed by atoms with Gasteiger partial charge >= 0.3 is 5.97 Å². The lowest BCUT2D eigenvalue weighted by Gasteiger charge is -2.14. The van der Waals surface area contributed by atoms with Gasteiger partial charge in [0.25, 0.3) is 0 Å². The Hall–Kier alpha value is -0.730. The summed E-state index contributed by atoms with van der Waals surface area (Å²) in [6.45, 7) is 6.01. The van der Waals surface area contributed by atoms with Crippen molar-refractivity contribution in [2.45, 2.75) is 52.1 Å². The van der Waals surface area contributed by atoms with Gasteiger partial charge in [-0.25, -0.2) is 9.78 Å². The fourth-order valence-electron chi connectivity index (χ4n) is 1.37. The summed E-state index contributed by atoms with van der Waals surface area (Å²) >= 11 is 0. The average Bonchev–Trinajstić information content (AvgIpc) is 2.45. The molecular formula is C14H28O7. The van der Waals surface area contributed by atoms with E-state index in [4.69, 9.17) is 24.4 Å². The van der Waals surface area contributed by atoms with Crippen LogP contribution < -0.4 is 0 Å². The first kappa shape index (κ1) is 20.3. The highest BCUT2D eigenvalue weighted by molar-refractivity contribution is 5.67. The van der Waals surface area contributed by atoms with Crippen LogP contribution in [0.1, 0.15) is 46.0 Å². The van der Waals surface area contributed by atoms with Crippen LogP contribution in [0.2, 0.25) is 0 Å². The number of aliphatic carboxylic acids is 1. The Kier molecular flexibility index (Phi) is 15.1. The van der Waals surface area contributed by atoms with Crippen molar-refractivity contribution in [1.82, 2.24) is 0 Å². The summed E-state index contributed by atoms with van der Waals surface area (Å²) in [6, 6.07) is 0. The van der Waals surface area contributed by atoms with E-state index >= 15 is 0 Å². The van der Waals surface area contributed by atoms with Crippen molar-refractivity contribution in [3.8, 4) is 0 Å². The molecule has 0 saturated carbocycles. The molecule has 0 aliphatic heterocycles. The molecule has 1 unspecified atom stereocenters. The number of hydrogen-bond acceptors (Lipinski definition) is 6. The number of ether oxygens (including phenoxy) is 2. The van der Waals surface area contributed by atoms with Gasteiger partial charge in [-0.3, -0.25) is 4.79 Å². The predicted octanol–water partition coefficient (Wildman–Crippen LogP) is 2.34.